The molecule has 0 saturated heterocycles. The Hall–Kier alpha value is -2.04. The Morgan fingerprint density at radius 1 is 0.824 bits per heavy atom. The zero-order valence-corrected chi connectivity index (χ0v) is 8.35. The van der Waals surface area contributed by atoms with Crippen molar-refractivity contribution in [1.29, 1.82) is 0 Å². The third-order valence-electron chi connectivity index (χ3n) is 2.27. The second-order valence-electron chi connectivity index (χ2n) is 3.39. The second-order valence-corrected chi connectivity index (χ2v) is 3.39. The van der Waals surface area contributed by atoms with Crippen LogP contribution in [0.2, 0.25) is 0 Å². The van der Waals surface area contributed by atoms with Gasteiger partial charge in [0.25, 0.3) is 0 Å². The van der Waals surface area contributed by atoms with E-state index in [-0.39, 0.29) is 0 Å². The highest BCUT2D eigenvalue weighted by Crippen LogP contribution is 2.34. The molecule has 1 N–H and O–H groups in total. The molecule has 0 amide bonds. The minimum atomic E-state index is -1.27. The summed E-state index contributed by atoms with van der Waals surface area (Å²) < 4.78 is 52.4. The van der Waals surface area contributed by atoms with Crippen molar-refractivity contribution >= 4 is 0 Å². The van der Waals surface area contributed by atoms with E-state index in [0.29, 0.717) is 6.07 Å². The number of hydrogen-bond donors (Lipinski definition) is 1. The molecule has 88 valence electrons. The van der Waals surface area contributed by atoms with Crippen LogP contribution in [0.4, 0.5) is 17.6 Å². The predicted molar refractivity (Wildman–Crippen MR) is 53.4 cm³/mol. The largest absolute Gasteiger partial charge is 0.504 e. The van der Waals surface area contributed by atoms with E-state index in [1.807, 2.05) is 0 Å². The molecule has 2 rings (SSSR count). The zero-order valence-electron chi connectivity index (χ0n) is 8.35. The van der Waals surface area contributed by atoms with Gasteiger partial charge >= 0.3 is 0 Å². The van der Waals surface area contributed by atoms with Gasteiger partial charge in [0.05, 0.1) is 0 Å². The molecule has 0 atom stereocenters. The average molecular weight is 242 g/mol. The van der Waals surface area contributed by atoms with Crippen LogP contribution < -0.4 is 0 Å². The van der Waals surface area contributed by atoms with Crippen LogP contribution in [0, 0.1) is 23.3 Å². The van der Waals surface area contributed by atoms with E-state index in [2.05, 4.69) is 0 Å². The predicted octanol–water partition coefficient (Wildman–Crippen LogP) is 3.62. The molecule has 1 nitrogen and oxygen atoms in total. The van der Waals surface area contributed by atoms with Crippen molar-refractivity contribution in [1.82, 2.24) is 0 Å². The maximum Gasteiger partial charge on any atom is 0.168 e. The van der Waals surface area contributed by atoms with Crippen LogP contribution in [0.1, 0.15) is 0 Å². The smallest absolute Gasteiger partial charge is 0.168 e. The Morgan fingerprint density at radius 3 is 2.24 bits per heavy atom. The summed E-state index contributed by atoms with van der Waals surface area (Å²) in [6, 6.07) is 4.35. The Balaban J connectivity index is 2.73. The molecule has 0 unspecified atom stereocenters. The van der Waals surface area contributed by atoms with Gasteiger partial charge in [0.15, 0.2) is 23.2 Å². The molecule has 0 radical (unpaired) electrons. The van der Waals surface area contributed by atoms with Crippen molar-refractivity contribution in [2.24, 2.45) is 0 Å². The Kier molecular flexibility index (Phi) is 2.75. The molecule has 2 aromatic rings. The highest BCUT2D eigenvalue weighted by Gasteiger charge is 2.16. The summed E-state index contributed by atoms with van der Waals surface area (Å²) in [6.07, 6.45) is 0. The second kappa shape index (κ2) is 4.08. The number of phenols is 1. The first-order chi connectivity index (χ1) is 8.00. The van der Waals surface area contributed by atoms with E-state index in [1.165, 1.54) is 6.07 Å². The highest BCUT2D eigenvalue weighted by atomic mass is 19.2. The molecule has 17 heavy (non-hydrogen) atoms. The van der Waals surface area contributed by atoms with E-state index in [9.17, 15) is 22.7 Å². The molecule has 0 aliphatic heterocycles. The van der Waals surface area contributed by atoms with Gasteiger partial charge in [0, 0.05) is 17.2 Å². The molecule has 0 saturated carbocycles. The standard InChI is InChI=1S/C12H6F4O/c13-6-4-8(12(17)10(15)5-6)7-2-1-3-9(14)11(7)16/h1-5,17H. The van der Waals surface area contributed by atoms with Crippen molar-refractivity contribution in [2.75, 3.05) is 0 Å². The van der Waals surface area contributed by atoms with Gasteiger partial charge in [0.2, 0.25) is 0 Å². The van der Waals surface area contributed by atoms with Crippen molar-refractivity contribution < 1.29 is 22.7 Å². The fourth-order valence-corrected chi connectivity index (χ4v) is 1.48. The number of halogens is 4. The zero-order chi connectivity index (χ0) is 12.6. The first kappa shape index (κ1) is 11.4. The summed E-state index contributed by atoms with van der Waals surface area (Å²) in [5.41, 5.74) is -0.833. The summed E-state index contributed by atoms with van der Waals surface area (Å²) in [5.74, 6) is -5.57. The van der Waals surface area contributed by atoms with Gasteiger partial charge in [-0.15, -0.1) is 0 Å². The van der Waals surface area contributed by atoms with Gasteiger partial charge in [0.1, 0.15) is 5.82 Å². The summed E-state index contributed by atoms with van der Waals surface area (Å²) in [4.78, 5) is 0. The van der Waals surface area contributed by atoms with Crippen molar-refractivity contribution in [3.8, 4) is 16.9 Å². The van der Waals surface area contributed by atoms with Crippen molar-refractivity contribution in [3.05, 3.63) is 53.6 Å². The monoisotopic (exact) mass is 242 g/mol. The molecule has 0 spiro atoms. The molecule has 0 fully saturated rings. The molecule has 0 aliphatic rings. The minimum Gasteiger partial charge on any atom is -0.504 e. The molecular formula is C12H6F4O. The highest BCUT2D eigenvalue weighted by molar-refractivity contribution is 5.70. The lowest BCUT2D eigenvalue weighted by molar-refractivity contribution is 0.429. The van der Waals surface area contributed by atoms with E-state index in [0.717, 1.165) is 18.2 Å². The first-order valence-electron chi connectivity index (χ1n) is 4.63. The van der Waals surface area contributed by atoms with Gasteiger partial charge in [-0.2, -0.15) is 0 Å². The summed E-state index contributed by atoms with van der Waals surface area (Å²) in [7, 11) is 0. The van der Waals surface area contributed by atoms with E-state index >= 15 is 0 Å². The fourth-order valence-electron chi connectivity index (χ4n) is 1.48. The topological polar surface area (TPSA) is 20.2 Å². The minimum absolute atomic E-state index is 0.402. The van der Waals surface area contributed by atoms with Gasteiger partial charge in [-0.1, -0.05) is 12.1 Å². The lowest BCUT2D eigenvalue weighted by Crippen LogP contribution is -1.92. The normalized spacial score (nSPS) is 10.6. The molecule has 0 aromatic heterocycles. The number of rotatable bonds is 1. The molecule has 0 aliphatic carbocycles. The third kappa shape index (κ3) is 1.95. The maximum absolute atomic E-state index is 13.4. The molecule has 0 bridgehead atoms. The summed E-state index contributed by atoms with van der Waals surface area (Å²) in [5, 5.41) is 9.36. The molecule has 2 aromatic carbocycles. The Bertz CT molecular complexity index is 581. The van der Waals surface area contributed by atoms with Crippen LogP contribution in [0.15, 0.2) is 30.3 Å². The molecule has 5 heteroatoms. The van der Waals surface area contributed by atoms with Gasteiger partial charge in [-0.3, -0.25) is 0 Å². The van der Waals surface area contributed by atoms with Crippen molar-refractivity contribution in [2.45, 2.75) is 0 Å². The van der Waals surface area contributed by atoms with Gasteiger partial charge in [-0.25, -0.2) is 17.6 Å². The van der Waals surface area contributed by atoms with Crippen molar-refractivity contribution in [3.63, 3.8) is 0 Å². The van der Waals surface area contributed by atoms with Gasteiger partial charge in [-0.05, 0) is 12.1 Å². The van der Waals surface area contributed by atoms with Crippen LogP contribution in [0.25, 0.3) is 11.1 Å². The van der Waals surface area contributed by atoms with E-state index in [1.54, 1.807) is 0 Å². The lowest BCUT2D eigenvalue weighted by atomic mass is 10.0. The third-order valence-corrected chi connectivity index (χ3v) is 2.27. The SMILES string of the molecule is Oc1c(F)cc(F)cc1-c1cccc(F)c1F. The van der Waals surface area contributed by atoms with Gasteiger partial charge < -0.3 is 5.11 Å². The van der Waals surface area contributed by atoms with Crippen LogP contribution in [0.5, 0.6) is 5.75 Å². The number of hydrogen-bond acceptors (Lipinski definition) is 1. The first-order valence-corrected chi connectivity index (χ1v) is 4.63. The van der Waals surface area contributed by atoms with Crippen LogP contribution >= 0.6 is 0 Å². The quantitative estimate of drug-likeness (QED) is 0.757. The van der Waals surface area contributed by atoms with Crippen LogP contribution in [-0.4, -0.2) is 5.11 Å². The van der Waals surface area contributed by atoms with E-state index in [4.69, 9.17) is 0 Å². The number of aromatic hydroxyl groups is 1. The molecule has 0 heterocycles. The van der Waals surface area contributed by atoms with Crippen LogP contribution in [0.3, 0.4) is 0 Å². The summed E-state index contributed by atoms with van der Waals surface area (Å²) >= 11 is 0. The maximum atomic E-state index is 13.4. The molecular weight excluding hydrogens is 236 g/mol. The average Bonchev–Trinajstić information content (AvgIpc) is 2.27. The van der Waals surface area contributed by atoms with Crippen LogP contribution in [-0.2, 0) is 0 Å². The van der Waals surface area contributed by atoms with E-state index < -0.39 is 40.1 Å². The number of phenolic OH excluding ortho intramolecular Hbond substituents is 1. The summed E-state index contributed by atoms with van der Waals surface area (Å²) in [6.45, 7) is 0. The number of benzene rings is 2. The lowest BCUT2D eigenvalue weighted by Gasteiger charge is -2.07. The Morgan fingerprint density at radius 2 is 1.53 bits per heavy atom. The fraction of sp³-hybridized carbons (Fsp3) is 0. The Labute approximate surface area is 93.9 Å².